The SMILES string of the molecule is CC(C)(C)C1CCC2(CC1)CC[C@H]1C[C@@H]1CO2. The molecule has 1 spiro atoms. The molecule has 2 aliphatic carbocycles. The van der Waals surface area contributed by atoms with E-state index in [0.717, 1.165) is 24.4 Å². The molecule has 1 nitrogen and oxygen atoms in total. The van der Waals surface area contributed by atoms with Crippen molar-refractivity contribution in [3.63, 3.8) is 0 Å². The fourth-order valence-corrected chi connectivity index (χ4v) is 4.08. The molecule has 0 N–H and O–H groups in total. The van der Waals surface area contributed by atoms with E-state index in [9.17, 15) is 0 Å². The Bertz CT molecular complexity index is 266. The van der Waals surface area contributed by atoms with Gasteiger partial charge in [-0.25, -0.2) is 0 Å². The van der Waals surface area contributed by atoms with E-state index in [1.807, 2.05) is 0 Å². The third kappa shape index (κ3) is 2.41. The van der Waals surface area contributed by atoms with Gasteiger partial charge in [-0.3, -0.25) is 0 Å². The zero-order valence-electron chi connectivity index (χ0n) is 11.8. The first-order chi connectivity index (χ1) is 7.99. The summed E-state index contributed by atoms with van der Waals surface area (Å²) in [5.41, 5.74) is 0.795. The van der Waals surface area contributed by atoms with Gasteiger partial charge in [-0.15, -0.1) is 0 Å². The predicted molar refractivity (Wildman–Crippen MR) is 70.9 cm³/mol. The first-order valence-corrected chi connectivity index (χ1v) is 7.62. The highest BCUT2D eigenvalue weighted by Gasteiger charge is 2.47. The molecule has 2 atom stereocenters. The zero-order valence-corrected chi connectivity index (χ0v) is 11.8. The topological polar surface area (TPSA) is 9.23 Å². The van der Waals surface area contributed by atoms with Crippen molar-refractivity contribution in [3.8, 4) is 0 Å². The van der Waals surface area contributed by atoms with E-state index in [1.54, 1.807) is 0 Å². The van der Waals surface area contributed by atoms with Crippen LogP contribution >= 0.6 is 0 Å². The normalized spacial score (nSPS) is 46.4. The van der Waals surface area contributed by atoms with Crippen molar-refractivity contribution in [3.05, 3.63) is 0 Å². The quantitative estimate of drug-likeness (QED) is 0.605. The standard InChI is InChI=1S/C16H28O/c1-15(2,3)14-5-8-16(9-6-14)7-4-12-10-13(12)11-17-16/h12-14H,4-11H2,1-3H3/t12-,13+,14?,16?/m0/s1. The van der Waals surface area contributed by atoms with Crippen LogP contribution in [0.1, 0.15) is 65.7 Å². The Morgan fingerprint density at radius 3 is 2.24 bits per heavy atom. The van der Waals surface area contributed by atoms with Crippen molar-refractivity contribution < 1.29 is 4.74 Å². The summed E-state index contributed by atoms with van der Waals surface area (Å²) >= 11 is 0. The Kier molecular flexibility index (Phi) is 2.81. The van der Waals surface area contributed by atoms with E-state index in [4.69, 9.17) is 4.74 Å². The second-order valence-corrected chi connectivity index (χ2v) is 7.93. The Hall–Kier alpha value is -0.0400. The molecule has 17 heavy (non-hydrogen) atoms. The lowest BCUT2D eigenvalue weighted by Crippen LogP contribution is -2.39. The van der Waals surface area contributed by atoms with E-state index in [-0.39, 0.29) is 0 Å². The summed E-state index contributed by atoms with van der Waals surface area (Å²) in [7, 11) is 0. The smallest absolute Gasteiger partial charge is 0.0683 e. The van der Waals surface area contributed by atoms with Gasteiger partial charge in [0.1, 0.15) is 0 Å². The van der Waals surface area contributed by atoms with Gasteiger partial charge < -0.3 is 4.74 Å². The highest BCUT2D eigenvalue weighted by atomic mass is 16.5. The van der Waals surface area contributed by atoms with E-state index < -0.39 is 0 Å². The maximum absolute atomic E-state index is 6.35. The molecule has 3 aliphatic rings. The van der Waals surface area contributed by atoms with Crippen LogP contribution in [0.25, 0.3) is 0 Å². The number of ether oxygens (including phenoxy) is 1. The van der Waals surface area contributed by atoms with E-state index >= 15 is 0 Å². The van der Waals surface area contributed by atoms with Gasteiger partial charge in [-0.05, 0) is 68.1 Å². The monoisotopic (exact) mass is 236 g/mol. The fraction of sp³-hybridized carbons (Fsp3) is 1.00. The summed E-state index contributed by atoms with van der Waals surface area (Å²) in [6, 6.07) is 0. The third-order valence-corrected chi connectivity index (χ3v) is 5.76. The Morgan fingerprint density at radius 1 is 0.941 bits per heavy atom. The van der Waals surface area contributed by atoms with Crippen molar-refractivity contribution in [2.24, 2.45) is 23.2 Å². The molecule has 0 radical (unpaired) electrons. The Labute approximate surface area is 106 Å². The molecular formula is C16H28O. The average molecular weight is 236 g/mol. The predicted octanol–water partition coefficient (Wildman–Crippen LogP) is 4.41. The van der Waals surface area contributed by atoms with Crippen LogP contribution in [-0.2, 0) is 4.74 Å². The molecule has 1 heteroatoms. The lowest BCUT2D eigenvalue weighted by atomic mass is 9.67. The van der Waals surface area contributed by atoms with Crippen LogP contribution in [-0.4, -0.2) is 12.2 Å². The van der Waals surface area contributed by atoms with Crippen molar-refractivity contribution in [2.45, 2.75) is 71.3 Å². The third-order valence-electron chi connectivity index (χ3n) is 5.76. The second kappa shape index (κ2) is 3.98. The fourth-order valence-electron chi connectivity index (χ4n) is 4.08. The zero-order chi connectivity index (χ0) is 12.1. The lowest BCUT2D eigenvalue weighted by molar-refractivity contribution is -0.0893. The molecule has 3 rings (SSSR count). The van der Waals surface area contributed by atoms with Gasteiger partial charge in [-0.2, -0.15) is 0 Å². The maximum Gasteiger partial charge on any atom is 0.0683 e. The summed E-state index contributed by atoms with van der Waals surface area (Å²) in [4.78, 5) is 0. The van der Waals surface area contributed by atoms with Crippen LogP contribution in [0.4, 0.5) is 0 Å². The van der Waals surface area contributed by atoms with Crippen LogP contribution in [0.3, 0.4) is 0 Å². The van der Waals surface area contributed by atoms with Crippen LogP contribution in [0.2, 0.25) is 0 Å². The van der Waals surface area contributed by atoms with Crippen molar-refractivity contribution >= 4 is 0 Å². The van der Waals surface area contributed by atoms with Gasteiger partial charge in [0.05, 0.1) is 12.2 Å². The second-order valence-electron chi connectivity index (χ2n) is 7.93. The van der Waals surface area contributed by atoms with Gasteiger partial charge in [0.25, 0.3) is 0 Å². The summed E-state index contributed by atoms with van der Waals surface area (Å²) in [6.07, 6.45) is 9.69. The average Bonchev–Trinajstić information content (AvgIpc) is 3.02. The molecule has 1 aliphatic heterocycles. The first kappa shape index (κ1) is 12.0. The first-order valence-electron chi connectivity index (χ1n) is 7.62. The minimum Gasteiger partial charge on any atom is -0.375 e. The number of hydrogen-bond acceptors (Lipinski definition) is 1. The van der Waals surface area contributed by atoms with Gasteiger partial charge in [0, 0.05) is 0 Å². The van der Waals surface area contributed by atoms with Crippen LogP contribution < -0.4 is 0 Å². The summed E-state index contributed by atoms with van der Waals surface area (Å²) in [6.45, 7) is 8.28. The van der Waals surface area contributed by atoms with Crippen LogP contribution in [0.5, 0.6) is 0 Å². The molecule has 3 fully saturated rings. The number of hydrogen-bond donors (Lipinski definition) is 0. The Balaban J connectivity index is 1.59. The van der Waals surface area contributed by atoms with E-state index in [0.29, 0.717) is 11.0 Å². The highest BCUT2D eigenvalue weighted by Crippen LogP contribution is 2.51. The minimum absolute atomic E-state index is 0.301. The largest absolute Gasteiger partial charge is 0.375 e. The molecule has 1 heterocycles. The van der Waals surface area contributed by atoms with Gasteiger partial charge in [0.15, 0.2) is 0 Å². The molecule has 0 aromatic heterocycles. The molecular weight excluding hydrogens is 208 g/mol. The molecule has 0 aromatic carbocycles. The minimum atomic E-state index is 0.301. The molecule has 1 saturated heterocycles. The van der Waals surface area contributed by atoms with Gasteiger partial charge in [-0.1, -0.05) is 20.8 Å². The lowest BCUT2D eigenvalue weighted by Gasteiger charge is -2.43. The summed E-state index contributed by atoms with van der Waals surface area (Å²) in [5, 5.41) is 0. The van der Waals surface area contributed by atoms with Crippen LogP contribution in [0.15, 0.2) is 0 Å². The highest BCUT2D eigenvalue weighted by molar-refractivity contribution is 4.97. The Morgan fingerprint density at radius 2 is 1.59 bits per heavy atom. The molecule has 0 bridgehead atoms. The van der Waals surface area contributed by atoms with Crippen molar-refractivity contribution in [2.75, 3.05) is 6.61 Å². The number of rotatable bonds is 0. The van der Waals surface area contributed by atoms with E-state index in [1.165, 1.54) is 44.9 Å². The van der Waals surface area contributed by atoms with E-state index in [2.05, 4.69) is 20.8 Å². The molecule has 2 saturated carbocycles. The van der Waals surface area contributed by atoms with Crippen molar-refractivity contribution in [1.82, 2.24) is 0 Å². The summed E-state index contributed by atoms with van der Waals surface area (Å²) < 4.78 is 6.35. The van der Waals surface area contributed by atoms with Crippen LogP contribution in [0, 0.1) is 23.2 Å². The van der Waals surface area contributed by atoms with Crippen molar-refractivity contribution in [1.29, 1.82) is 0 Å². The molecule has 0 aromatic rings. The molecule has 98 valence electrons. The van der Waals surface area contributed by atoms with Gasteiger partial charge >= 0.3 is 0 Å². The maximum atomic E-state index is 6.35. The molecule has 0 amide bonds. The van der Waals surface area contributed by atoms with Gasteiger partial charge in [0.2, 0.25) is 0 Å². The summed E-state index contributed by atoms with van der Waals surface area (Å²) in [5.74, 6) is 2.89. The molecule has 0 unspecified atom stereocenters. The number of fused-ring (bicyclic) bond motifs is 1.